The number of halogens is 6. The van der Waals surface area contributed by atoms with Crippen LogP contribution in [0.25, 0.3) is 0 Å². The molecule has 2 aromatic carbocycles. The molecule has 0 spiro atoms. The Balaban J connectivity index is 1.68. The highest BCUT2D eigenvalue weighted by atomic mass is 19.4. The van der Waals surface area contributed by atoms with Crippen LogP contribution < -0.4 is 10.1 Å². The van der Waals surface area contributed by atoms with Gasteiger partial charge in [0.25, 0.3) is 0 Å². The number of carbonyl (C=O) groups excluding carboxylic acids is 1. The Bertz CT molecular complexity index is 940. The maximum atomic E-state index is 13.9. The second-order valence-electron chi connectivity index (χ2n) is 7.45. The molecule has 1 N–H and O–H groups in total. The van der Waals surface area contributed by atoms with Crippen LogP contribution in [0.5, 0.6) is 5.75 Å². The number of benzene rings is 2. The fourth-order valence-corrected chi connectivity index (χ4v) is 3.29. The van der Waals surface area contributed by atoms with Crippen LogP contribution in [0, 0.1) is 17.5 Å². The summed E-state index contributed by atoms with van der Waals surface area (Å²) >= 11 is 0. The Hall–Kier alpha value is -2.71. The fourth-order valence-electron chi connectivity index (χ4n) is 3.29. The second-order valence-corrected chi connectivity index (χ2v) is 7.45. The summed E-state index contributed by atoms with van der Waals surface area (Å²) in [4.78, 5) is 12.5. The first-order valence-corrected chi connectivity index (χ1v) is 9.25. The van der Waals surface area contributed by atoms with Crippen molar-refractivity contribution in [1.29, 1.82) is 0 Å². The van der Waals surface area contributed by atoms with E-state index in [2.05, 4.69) is 10.1 Å². The summed E-state index contributed by atoms with van der Waals surface area (Å²) in [6, 6.07) is 6.65. The van der Waals surface area contributed by atoms with E-state index in [1.807, 2.05) is 0 Å². The minimum atomic E-state index is -4.61. The van der Waals surface area contributed by atoms with Crippen molar-refractivity contribution in [2.45, 2.75) is 43.8 Å². The number of alkyl halides is 3. The number of hydrogen-bond donors (Lipinski definition) is 1. The highest BCUT2D eigenvalue weighted by Crippen LogP contribution is 2.47. The lowest BCUT2D eigenvalue weighted by Gasteiger charge is -2.21. The molecule has 3 nitrogen and oxygen atoms in total. The minimum absolute atomic E-state index is 0.0804. The lowest BCUT2D eigenvalue weighted by atomic mass is 9.96. The van der Waals surface area contributed by atoms with Gasteiger partial charge in [-0.2, -0.15) is 13.2 Å². The van der Waals surface area contributed by atoms with Gasteiger partial charge in [0, 0.05) is 12.5 Å². The largest absolute Gasteiger partial charge is 0.481 e. The van der Waals surface area contributed by atoms with Gasteiger partial charge < -0.3 is 10.1 Å². The van der Waals surface area contributed by atoms with Crippen LogP contribution in [-0.4, -0.2) is 18.7 Å². The van der Waals surface area contributed by atoms with E-state index in [9.17, 15) is 31.1 Å². The maximum Gasteiger partial charge on any atom is 0.422 e. The van der Waals surface area contributed by atoms with Crippen LogP contribution in [0.15, 0.2) is 36.4 Å². The number of carbonyl (C=O) groups is 1. The first-order valence-electron chi connectivity index (χ1n) is 9.25. The van der Waals surface area contributed by atoms with E-state index in [0.29, 0.717) is 18.4 Å². The third-order valence-corrected chi connectivity index (χ3v) is 4.99. The number of nitrogens with one attached hydrogen (secondary N) is 1. The first-order chi connectivity index (χ1) is 14.0. The van der Waals surface area contributed by atoms with Crippen LogP contribution in [0.3, 0.4) is 0 Å². The maximum absolute atomic E-state index is 13.9. The molecule has 0 saturated heterocycles. The zero-order chi connectivity index (χ0) is 22.1. The Morgan fingerprint density at radius 3 is 2.40 bits per heavy atom. The second kappa shape index (κ2) is 8.20. The SMILES string of the molecule is C[C@@H](CC(=O)NC1(c2ccc(F)c(OCC(F)(F)F)c2)CC1)c1ccc(F)cc1F. The number of hydrogen-bond acceptors (Lipinski definition) is 2. The van der Waals surface area contributed by atoms with Gasteiger partial charge in [-0.05, 0) is 48.1 Å². The molecular weight excluding hydrogens is 412 g/mol. The summed E-state index contributed by atoms with van der Waals surface area (Å²) in [5.74, 6) is -3.89. The van der Waals surface area contributed by atoms with Crippen molar-refractivity contribution in [3.05, 3.63) is 65.0 Å². The van der Waals surface area contributed by atoms with Crippen molar-refractivity contribution >= 4 is 5.91 Å². The first kappa shape index (κ1) is 22.0. The van der Waals surface area contributed by atoms with E-state index in [0.717, 1.165) is 24.3 Å². The molecule has 1 aliphatic carbocycles. The molecule has 3 rings (SSSR count). The molecule has 2 aromatic rings. The van der Waals surface area contributed by atoms with Gasteiger partial charge in [-0.3, -0.25) is 4.79 Å². The summed E-state index contributed by atoms with van der Waals surface area (Å²) < 4.78 is 82.3. The molecule has 0 radical (unpaired) electrons. The van der Waals surface area contributed by atoms with E-state index in [1.54, 1.807) is 6.92 Å². The lowest BCUT2D eigenvalue weighted by molar-refractivity contribution is -0.153. The molecule has 0 bridgehead atoms. The third kappa shape index (κ3) is 5.25. The zero-order valence-electron chi connectivity index (χ0n) is 16.0. The summed E-state index contributed by atoms with van der Waals surface area (Å²) in [6.45, 7) is -0.00999. The molecule has 0 unspecified atom stereocenters. The molecule has 0 heterocycles. The lowest BCUT2D eigenvalue weighted by Crippen LogP contribution is -2.35. The van der Waals surface area contributed by atoms with E-state index < -0.39 is 53.3 Å². The average molecular weight is 431 g/mol. The van der Waals surface area contributed by atoms with Gasteiger partial charge in [0.1, 0.15) is 11.6 Å². The molecule has 0 aromatic heterocycles. The Labute approximate surface area is 169 Å². The normalized spacial score (nSPS) is 16.1. The number of amides is 1. The molecule has 1 amide bonds. The molecule has 162 valence electrons. The van der Waals surface area contributed by atoms with Crippen LogP contribution >= 0.6 is 0 Å². The molecule has 1 saturated carbocycles. The fraction of sp³-hybridized carbons (Fsp3) is 0.381. The highest BCUT2D eigenvalue weighted by molar-refractivity contribution is 5.78. The molecule has 1 fully saturated rings. The van der Waals surface area contributed by atoms with Gasteiger partial charge >= 0.3 is 6.18 Å². The van der Waals surface area contributed by atoms with Gasteiger partial charge in [0.05, 0.1) is 5.54 Å². The minimum Gasteiger partial charge on any atom is -0.481 e. The molecule has 30 heavy (non-hydrogen) atoms. The van der Waals surface area contributed by atoms with Crippen molar-refractivity contribution < 1.29 is 35.9 Å². The average Bonchev–Trinajstić information content (AvgIpc) is 3.40. The summed E-state index contributed by atoms with van der Waals surface area (Å²) in [7, 11) is 0. The van der Waals surface area contributed by atoms with Crippen molar-refractivity contribution in [2.24, 2.45) is 0 Å². The van der Waals surface area contributed by atoms with E-state index in [4.69, 9.17) is 0 Å². The molecule has 1 aliphatic rings. The van der Waals surface area contributed by atoms with Crippen molar-refractivity contribution in [3.63, 3.8) is 0 Å². The van der Waals surface area contributed by atoms with Crippen molar-refractivity contribution in [2.75, 3.05) is 6.61 Å². The zero-order valence-corrected chi connectivity index (χ0v) is 16.0. The Kier molecular flexibility index (Phi) is 6.01. The molecular formula is C21H19F6NO2. The van der Waals surface area contributed by atoms with Crippen LogP contribution in [0.2, 0.25) is 0 Å². The van der Waals surface area contributed by atoms with Crippen LogP contribution in [0.1, 0.15) is 43.2 Å². The summed E-state index contributed by atoms with van der Waals surface area (Å²) in [5, 5.41) is 2.80. The Morgan fingerprint density at radius 2 is 1.80 bits per heavy atom. The van der Waals surface area contributed by atoms with E-state index >= 15 is 0 Å². The van der Waals surface area contributed by atoms with E-state index in [1.165, 1.54) is 12.1 Å². The predicted molar refractivity (Wildman–Crippen MR) is 96.4 cm³/mol. The van der Waals surface area contributed by atoms with Crippen molar-refractivity contribution in [3.8, 4) is 5.75 Å². The van der Waals surface area contributed by atoms with Gasteiger partial charge in [-0.25, -0.2) is 13.2 Å². The summed E-state index contributed by atoms with van der Waals surface area (Å²) in [5.41, 5.74) is -0.210. The van der Waals surface area contributed by atoms with Gasteiger partial charge in [-0.1, -0.05) is 19.1 Å². The molecule has 9 heteroatoms. The Morgan fingerprint density at radius 1 is 1.10 bits per heavy atom. The monoisotopic (exact) mass is 431 g/mol. The smallest absolute Gasteiger partial charge is 0.422 e. The van der Waals surface area contributed by atoms with Crippen LogP contribution in [-0.2, 0) is 10.3 Å². The van der Waals surface area contributed by atoms with Gasteiger partial charge in [-0.15, -0.1) is 0 Å². The summed E-state index contributed by atoms with van der Waals surface area (Å²) in [6.07, 6.45) is -3.66. The number of rotatable bonds is 7. The standard InChI is InChI=1S/C21H19F6NO2/c1-12(15-4-3-14(22)10-17(15)24)8-19(29)28-20(6-7-20)13-2-5-16(23)18(9-13)30-11-21(25,26)27/h2-5,9-10,12H,6-8,11H2,1H3,(H,28,29)/t12-/m0/s1. The topological polar surface area (TPSA) is 38.3 Å². The molecule has 0 aliphatic heterocycles. The highest BCUT2D eigenvalue weighted by Gasteiger charge is 2.46. The predicted octanol–water partition coefficient (Wildman–Crippen LogP) is 5.34. The van der Waals surface area contributed by atoms with Gasteiger partial charge in [0.15, 0.2) is 18.2 Å². The quantitative estimate of drug-likeness (QED) is 0.601. The molecule has 1 atom stereocenters. The number of ether oxygens (including phenoxy) is 1. The van der Waals surface area contributed by atoms with E-state index in [-0.39, 0.29) is 12.0 Å². The van der Waals surface area contributed by atoms with Crippen LogP contribution in [0.4, 0.5) is 26.3 Å². The van der Waals surface area contributed by atoms with Gasteiger partial charge in [0.2, 0.25) is 5.91 Å². The third-order valence-electron chi connectivity index (χ3n) is 4.99. The van der Waals surface area contributed by atoms with Crippen molar-refractivity contribution in [1.82, 2.24) is 5.32 Å².